The molecule has 1 unspecified atom stereocenters. The van der Waals surface area contributed by atoms with Crippen molar-refractivity contribution in [3.63, 3.8) is 0 Å². The number of amides is 1. The molecule has 1 atom stereocenters. The van der Waals surface area contributed by atoms with Crippen molar-refractivity contribution in [1.82, 2.24) is 24.3 Å². The number of carbonyl (C=O) groups excluding carboxylic acids is 1. The summed E-state index contributed by atoms with van der Waals surface area (Å²) in [5.74, 6) is 0.962. The Balaban J connectivity index is 1.62. The lowest BCUT2D eigenvalue weighted by atomic mass is 10.0. The van der Waals surface area contributed by atoms with Crippen LogP contribution in [-0.2, 0) is 16.1 Å². The van der Waals surface area contributed by atoms with Crippen LogP contribution in [0.1, 0.15) is 6.42 Å². The van der Waals surface area contributed by atoms with E-state index in [1.54, 1.807) is 36.4 Å². The molecule has 0 spiro atoms. The summed E-state index contributed by atoms with van der Waals surface area (Å²) in [5.41, 5.74) is 0.594. The molecule has 1 amide bonds. The normalized spacial score (nSPS) is 15.3. The molecule has 41 heavy (non-hydrogen) atoms. The van der Waals surface area contributed by atoms with Crippen LogP contribution >= 0.6 is 23.2 Å². The summed E-state index contributed by atoms with van der Waals surface area (Å²) >= 11 is 13.3. The van der Waals surface area contributed by atoms with E-state index in [4.69, 9.17) is 37.4 Å². The molecule has 1 N–H and O–H groups in total. The zero-order valence-electron chi connectivity index (χ0n) is 23.7. The molecule has 1 aliphatic heterocycles. The number of hydrogen-bond acceptors (Lipinski definition) is 9. The molecule has 0 aliphatic carbocycles. The minimum atomic E-state index is -0.366. The van der Waals surface area contributed by atoms with E-state index in [1.165, 1.54) is 18.8 Å². The van der Waals surface area contributed by atoms with Gasteiger partial charge in [-0.2, -0.15) is 4.98 Å². The lowest BCUT2D eigenvalue weighted by Crippen LogP contribution is -2.30. The monoisotopic (exact) mass is 604 g/mol. The number of fused-ring (bicyclic) bond motifs is 1. The average molecular weight is 606 g/mol. The van der Waals surface area contributed by atoms with Gasteiger partial charge < -0.3 is 29.3 Å². The molecule has 1 saturated heterocycles. The number of aromatic nitrogens is 3. The zero-order chi connectivity index (χ0) is 29.7. The number of likely N-dealkylation sites (N-methyl/N-ethyl adjacent to an activating group) is 1. The molecule has 3 aromatic rings. The second-order valence-electron chi connectivity index (χ2n) is 9.75. The maximum Gasteiger partial charge on any atom is 0.260 e. The van der Waals surface area contributed by atoms with E-state index in [0.717, 1.165) is 0 Å². The van der Waals surface area contributed by atoms with Crippen molar-refractivity contribution in [1.29, 1.82) is 0 Å². The number of nitrogens with one attached hydrogen (secondary N) is 1. The van der Waals surface area contributed by atoms with Crippen LogP contribution in [0.15, 0.2) is 35.3 Å². The molecule has 4 rings (SSSR count). The van der Waals surface area contributed by atoms with E-state index in [-0.39, 0.29) is 51.9 Å². The Labute approximate surface area is 248 Å². The molecule has 3 heterocycles. The lowest BCUT2D eigenvalue weighted by Gasteiger charge is -2.18. The molecular formula is C28H34Cl2N6O5. The molecule has 220 valence electrons. The SMILES string of the molecule is CNc1ncc2cc(-c3c(Cl)c(OC)cc(OC)c3Cl)c(=O)n(CCOC3CCN(C(=O)C=CCN(C)C)C3)c2n1. The van der Waals surface area contributed by atoms with E-state index in [0.29, 0.717) is 54.5 Å². The van der Waals surface area contributed by atoms with Crippen LogP contribution in [0.25, 0.3) is 22.2 Å². The highest BCUT2D eigenvalue weighted by molar-refractivity contribution is 6.41. The first-order valence-electron chi connectivity index (χ1n) is 13.1. The van der Waals surface area contributed by atoms with Gasteiger partial charge in [0.25, 0.3) is 5.56 Å². The summed E-state index contributed by atoms with van der Waals surface area (Å²) in [6.07, 6.45) is 5.64. The van der Waals surface area contributed by atoms with Crippen LogP contribution in [0.2, 0.25) is 10.0 Å². The van der Waals surface area contributed by atoms with Crippen molar-refractivity contribution >= 4 is 46.1 Å². The number of carbonyl (C=O) groups is 1. The minimum Gasteiger partial charge on any atom is -0.495 e. The molecule has 1 aromatic carbocycles. The van der Waals surface area contributed by atoms with Gasteiger partial charge in [-0.15, -0.1) is 0 Å². The Morgan fingerprint density at radius 1 is 1.20 bits per heavy atom. The number of hydrogen-bond donors (Lipinski definition) is 1. The molecule has 1 aliphatic rings. The third kappa shape index (κ3) is 6.75. The van der Waals surface area contributed by atoms with E-state index in [9.17, 15) is 9.59 Å². The molecule has 13 heteroatoms. The van der Waals surface area contributed by atoms with Gasteiger partial charge in [-0.3, -0.25) is 14.2 Å². The predicted octanol–water partition coefficient (Wildman–Crippen LogP) is 3.56. The van der Waals surface area contributed by atoms with Gasteiger partial charge in [0.1, 0.15) is 17.1 Å². The third-order valence-corrected chi connectivity index (χ3v) is 7.50. The summed E-state index contributed by atoms with van der Waals surface area (Å²) < 4.78 is 18.5. The Morgan fingerprint density at radius 3 is 2.54 bits per heavy atom. The Morgan fingerprint density at radius 2 is 1.90 bits per heavy atom. The fraction of sp³-hybridized carbons (Fsp3) is 0.429. The molecule has 2 aromatic heterocycles. The van der Waals surface area contributed by atoms with Crippen LogP contribution in [0, 0.1) is 0 Å². The van der Waals surface area contributed by atoms with Gasteiger partial charge in [-0.25, -0.2) is 4.98 Å². The summed E-state index contributed by atoms with van der Waals surface area (Å²) in [7, 11) is 8.53. The highest BCUT2D eigenvalue weighted by Gasteiger charge is 2.26. The molecule has 0 saturated carbocycles. The largest absolute Gasteiger partial charge is 0.495 e. The average Bonchev–Trinajstić information content (AvgIpc) is 3.43. The van der Waals surface area contributed by atoms with Crippen molar-refractivity contribution in [3.8, 4) is 22.6 Å². The summed E-state index contributed by atoms with van der Waals surface area (Å²) in [6, 6.07) is 3.22. The first-order chi connectivity index (χ1) is 19.7. The van der Waals surface area contributed by atoms with Crippen LogP contribution in [0.5, 0.6) is 11.5 Å². The minimum absolute atomic E-state index is 0.0355. The smallest absolute Gasteiger partial charge is 0.260 e. The van der Waals surface area contributed by atoms with E-state index < -0.39 is 0 Å². The fourth-order valence-electron chi connectivity index (χ4n) is 4.63. The van der Waals surface area contributed by atoms with Gasteiger partial charge in [-0.05, 0) is 26.6 Å². The number of ether oxygens (including phenoxy) is 3. The highest BCUT2D eigenvalue weighted by atomic mass is 35.5. The maximum absolute atomic E-state index is 14.0. The number of methoxy groups -OCH3 is 2. The van der Waals surface area contributed by atoms with Gasteiger partial charge in [0.2, 0.25) is 11.9 Å². The van der Waals surface area contributed by atoms with Gasteiger partial charge >= 0.3 is 0 Å². The van der Waals surface area contributed by atoms with Crippen molar-refractivity contribution in [2.24, 2.45) is 0 Å². The summed E-state index contributed by atoms with van der Waals surface area (Å²) in [6.45, 7) is 2.22. The molecule has 0 bridgehead atoms. The van der Waals surface area contributed by atoms with E-state index in [1.807, 2.05) is 25.1 Å². The number of rotatable bonds is 11. The second-order valence-corrected chi connectivity index (χ2v) is 10.5. The van der Waals surface area contributed by atoms with Crippen LogP contribution in [0.4, 0.5) is 5.95 Å². The first kappa shape index (κ1) is 30.6. The number of likely N-dealkylation sites (tertiary alicyclic amines) is 1. The maximum atomic E-state index is 14.0. The topological polar surface area (TPSA) is 111 Å². The first-order valence-corrected chi connectivity index (χ1v) is 13.8. The van der Waals surface area contributed by atoms with Crippen molar-refractivity contribution in [2.45, 2.75) is 19.1 Å². The van der Waals surface area contributed by atoms with Gasteiger partial charge in [0.15, 0.2) is 0 Å². The summed E-state index contributed by atoms with van der Waals surface area (Å²) in [4.78, 5) is 39.1. The quantitative estimate of drug-likeness (QED) is 0.328. The molecule has 11 nitrogen and oxygen atoms in total. The Hall–Kier alpha value is -3.38. The van der Waals surface area contributed by atoms with Crippen LogP contribution in [-0.4, -0.2) is 97.9 Å². The van der Waals surface area contributed by atoms with Gasteiger partial charge in [0.05, 0.1) is 49.1 Å². The number of anilines is 1. The fourth-order valence-corrected chi connectivity index (χ4v) is 5.34. The van der Waals surface area contributed by atoms with Crippen LogP contribution < -0.4 is 20.3 Å². The molecule has 0 radical (unpaired) electrons. The number of benzene rings is 1. The van der Waals surface area contributed by atoms with Gasteiger partial charge in [0, 0.05) is 56.0 Å². The third-order valence-electron chi connectivity index (χ3n) is 6.75. The number of halogens is 2. The van der Waals surface area contributed by atoms with E-state index >= 15 is 0 Å². The lowest BCUT2D eigenvalue weighted by molar-refractivity contribution is -0.125. The van der Waals surface area contributed by atoms with Crippen molar-refractivity contribution < 1.29 is 19.0 Å². The molecular weight excluding hydrogens is 571 g/mol. The summed E-state index contributed by atoms with van der Waals surface area (Å²) in [5, 5.41) is 3.88. The number of nitrogens with zero attached hydrogens (tertiary/aromatic N) is 5. The Bertz CT molecular complexity index is 1480. The zero-order valence-corrected chi connectivity index (χ0v) is 25.3. The number of pyridine rings is 1. The Kier molecular flexibility index (Phi) is 10.1. The predicted molar refractivity (Wildman–Crippen MR) is 161 cm³/mol. The molecule has 1 fully saturated rings. The second kappa shape index (κ2) is 13.5. The van der Waals surface area contributed by atoms with E-state index in [2.05, 4.69) is 15.3 Å². The highest BCUT2D eigenvalue weighted by Crippen LogP contribution is 2.45. The standard InChI is InChI=1S/C28H34Cl2N6O5/c1-31-28-32-15-17-13-19(23-24(29)20(39-4)14-21(40-5)25(23)30)27(38)36(26(17)33-28)11-12-41-18-8-10-35(16-18)22(37)7-6-9-34(2)3/h6-7,13-15,18H,8-12,16H2,1-5H3,(H,31,32,33). The van der Waals surface area contributed by atoms with Crippen LogP contribution in [0.3, 0.4) is 0 Å². The van der Waals surface area contributed by atoms with Crippen molar-refractivity contribution in [2.75, 3.05) is 66.9 Å². The van der Waals surface area contributed by atoms with Crippen molar-refractivity contribution in [3.05, 3.63) is 50.9 Å². The van der Waals surface area contributed by atoms with Gasteiger partial charge in [-0.1, -0.05) is 29.3 Å².